The summed E-state index contributed by atoms with van der Waals surface area (Å²) in [5.74, 6) is 0.948. The first-order chi connectivity index (χ1) is 8.43. The highest BCUT2D eigenvalue weighted by Crippen LogP contribution is 2.27. The van der Waals surface area contributed by atoms with Crippen molar-refractivity contribution >= 4 is 5.91 Å². The molecule has 0 radical (unpaired) electrons. The van der Waals surface area contributed by atoms with E-state index in [0.29, 0.717) is 17.9 Å². The molecule has 2 atom stereocenters. The number of rotatable bonds is 2. The van der Waals surface area contributed by atoms with Gasteiger partial charge < -0.3 is 10.2 Å². The Balaban J connectivity index is 2.06. The Kier molecular flexibility index (Phi) is 3.97. The van der Waals surface area contributed by atoms with Crippen LogP contribution in [0.25, 0.3) is 0 Å². The smallest absolute Gasteiger partial charge is 0.242 e. The number of carbonyl (C=O) groups excluding carboxylic acids is 1. The van der Waals surface area contributed by atoms with E-state index in [1.807, 2.05) is 0 Å². The third-order valence-electron chi connectivity index (χ3n) is 4.48. The van der Waals surface area contributed by atoms with E-state index in [0.717, 1.165) is 39.1 Å². The summed E-state index contributed by atoms with van der Waals surface area (Å²) in [6.45, 7) is 13.4. The molecule has 0 aromatic heterocycles. The van der Waals surface area contributed by atoms with Gasteiger partial charge in [0, 0.05) is 38.8 Å². The van der Waals surface area contributed by atoms with Crippen LogP contribution in [0.15, 0.2) is 0 Å². The molecule has 2 fully saturated rings. The van der Waals surface area contributed by atoms with Gasteiger partial charge in [-0.15, -0.1) is 0 Å². The van der Waals surface area contributed by atoms with Gasteiger partial charge in [0.15, 0.2) is 0 Å². The lowest BCUT2D eigenvalue weighted by atomic mass is 9.99. The summed E-state index contributed by atoms with van der Waals surface area (Å²) < 4.78 is 0. The predicted octanol–water partition coefficient (Wildman–Crippen LogP) is 0.927. The quantitative estimate of drug-likeness (QED) is 0.795. The SMILES string of the molecule is CC1CC(C)N(C(=O)C(C)(C)N2CCNCC2)C1. The minimum Gasteiger partial charge on any atom is -0.338 e. The van der Waals surface area contributed by atoms with E-state index in [1.54, 1.807) is 0 Å². The van der Waals surface area contributed by atoms with Crippen LogP contribution < -0.4 is 5.32 Å². The molecule has 2 aliphatic heterocycles. The number of hydrogen-bond acceptors (Lipinski definition) is 3. The van der Waals surface area contributed by atoms with Crippen molar-refractivity contribution in [3.05, 3.63) is 0 Å². The van der Waals surface area contributed by atoms with E-state index < -0.39 is 0 Å². The number of nitrogens with zero attached hydrogens (tertiary/aromatic N) is 2. The molecule has 104 valence electrons. The third-order valence-corrected chi connectivity index (χ3v) is 4.48. The van der Waals surface area contributed by atoms with Crippen molar-refractivity contribution in [3.8, 4) is 0 Å². The molecule has 4 nitrogen and oxygen atoms in total. The van der Waals surface area contributed by atoms with Gasteiger partial charge in [-0.3, -0.25) is 9.69 Å². The van der Waals surface area contributed by atoms with Crippen molar-refractivity contribution in [2.45, 2.75) is 45.7 Å². The van der Waals surface area contributed by atoms with Crippen LogP contribution in [0.2, 0.25) is 0 Å². The Hall–Kier alpha value is -0.610. The molecule has 2 rings (SSSR count). The molecule has 0 bridgehead atoms. The third kappa shape index (κ3) is 2.54. The molecule has 0 aromatic rings. The molecule has 0 spiro atoms. The summed E-state index contributed by atoms with van der Waals surface area (Å²) in [4.78, 5) is 17.2. The summed E-state index contributed by atoms with van der Waals surface area (Å²) in [6.07, 6.45) is 1.14. The molecule has 2 heterocycles. The molecule has 2 unspecified atom stereocenters. The Labute approximate surface area is 111 Å². The van der Waals surface area contributed by atoms with Gasteiger partial charge in [-0.1, -0.05) is 6.92 Å². The molecule has 18 heavy (non-hydrogen) atoms. The predicted molar refractivity (Wildman–Crippen MR) is 73.5 cm³/mol. The van der Waals surface area contributed by atoms with Gasteiger partial charge in [-0.2, -0.15) is 0 Å². The highest BCUT2D eigenvalue weighted by atomic mass is 16.2. The molecular weight excluding hydrogens is 226 g/mol. The second-order valence-electron chi connectivity index (χ2n) is 6.44. The first-order valence-electron chi connectivity index (χ1n) is 7.19. The van der Waals surface area contributed by atoms with Crippen LogP contribution in [-0.2, 0) is 4.79 Å². The van der Waals surface area contributed by atoms with Crippen molar-refractivity contribution in [1.82, 2.24) is 15.1 Å². The number of hydrogen-bond donors (Lipinski definition) is 1. The lowest BCUT2D eigenvalue weighted by molar-refractivity contribution is -0.143. The summed E-state index contributed by atoms with van der Waals surface area (Å²) in [6, 6.07) is 0.398. The zero-order valence-corrected chi connectivity index (χ0v) is 12.2. The maximum atomic E-state index is 12.8. The molecule has 0 saturated carbocycles. The van der Waals surface area contributed by atoms with Crippen LogP contribution in [0.4, 0.5) is 0 Å². The van der Waals surface area contributed by atoms with Crippen molar-refractivity contribution in [1.29, 1.82) is 0 Å². The first kappa shape index (κ1) is 13.8. The van der Waals surface area contributed by atoms with Crippen molar-refractivity contribution < 1.29 is 4.79 Å². The maximum absolute atomic E-state index is 12.8. The van der Waals surface area contributed by atoms with E-state index in [-0.39, 0.29) is 5.54 Å². The lowest BCUT2D eigenvalue weighted by Gasteiger charge is -2.42. The van der Waals surface area contributed by atoms with E-state index in [4.69, 9.17) is 0 Å². The normalized spacial score (nSPS) is 30.8. The van der Waals surface area contributed by atoms with Crippen LogP contribution in [0, 0.1) is 5.92 Å². The fourth-order valence-electron chi connectivity index (χ4n) is 3.29. The average molecular weight is 253 g/mol. The van der Waals surface area contributed by atoms with Crippen LogP contribution >= 0.6 is 0 Å². The van der Waals surface area contributed by atoms with Gasteiger partial charge in [-0.25, -0.2) is 0 Å². The highest BCUT2D eigenvalue weighted by molar-refractivity contribution is 5.86. The molecule has 0 aliphatic carbocycles. The van der Waals surface area contributed by atoms with Gasteiger partial charge in [0.2, 0.25) is 5.91 Å². The van der Waals surface area contributed by atoms with Gasteiger partial charge in [-0.05, 0) is 33.1 Å². The minimum absolute atomic E-state index is 0.307. The maximum Gasteiger partial charge on any atom is 0.242 e. The largest absolute Gasteiger partial charge is 0.338 e. The number of nitrogens with one attached hydrogen (secondary N) is 1. The summed E-state index contributed by atoms with van der Waals surface area (Å²) in [7, 11) is 0. The summed E-state index contributed by atoms with van der Waals surface area (Å²) >= 11 is 0. The van der Waals surface area contributed by atoms with Crippen LogP contribution in [0.5, 0.6) is 0 Å². The standard InChI is InChI=1S/C14H27N3O/c1-11-9-12(2)17(10-11)13(18)14(3,4)16-7-5-15-6-8-16/h11-12,15H,5-10H2,1-4H3. The van der Waals surface area contributed by atoms with Crippen LogP contribution in [0.1, 0.15) is 34.1 Å². The highest BCUT2D eigenvalue weighted by Gasteiger charge is 2.41. The first-order valence-corrected chi connectivity index (χ1v) is 7.19. The topological polar surface area (TPSA) is 35.6 Å². The fraction of sp³-hybridized carbons (Fsp3) is 0.929. The van der Waals surface area contributed by atoms with E-state index >= 15 is 0 Å². The van der Waals surface area contributed by atoms with Gasteiger partial charge in [0.1, 0.15) is 0 Å². The Morgan fingerprint density at radius 1 is 1.22 bits per heavy atom. The Morgan fingerprint density at radius 3 is 2.33 bits per heavy atom. The molecule has 2 aliphatic rings. The van der Waals surface area contributed by atoms with E-state index in [2.05, 4.69) is 42.8 Å². The van der Waals surface area contributed by atoms with Crippen LogP contribution in [-0.4, -0.2) is 60.0 Å². The Bertz CT molecular complexity index is 310. The minimum atomic E-state index is -0.361. The van der Waals surface area contributed by atoms with Gasteiger partial charge in [0.25, 0.3) is 0 Å². The summed E-state index contributed by atoms with van der Waals surface area (Å²) in [5.41, 5.74) is -0.361. The average Bonchev–Trinajstić information content (AvgIpc) is 2.68. The zero-order valence-electron chi connectivity index (χ0n) is 12.2. The molecule has 1 N–H and O–H groups in total. The second kappa shape index (κ2) is 5.17. The second-order valence-corrected chi connectivity index (χ2v) is 6.44. The molecule has 0 aromatic carbocycles. The van der Waals surface area contributed by atoms with Gasteiger partial charge in [0.05, 0.1) is 5.54 Å². The number of carbonyl (C=O) groups is 1. The molecule has 4 heteroatoms. The lowest BCUT2D eigenvalue weighted by Crippen LogP contribution is -2.61. The zero-order chi connectivity index (χ0) is 13.3. The number of amides is 1. The number of likely N-dealkylation sites (tertiary alicyclic amines) is 1. The van der Waals surface area contributed by atoms with Crippen molar-refractivity contribution in [2.24, 2.45) is 5.92 Å². The van der Waals surface area contributed by atoms with Gasteiger partial charge >= 0.3 is 0 Å². The van der Waals surface area contributed by atoms with E-state index in [1.165, 1.54) is 0 Å². The molecular formula is C14H27N3O. The van der Waals surface area contributed by atoms with Crippen molar-refractivity contribution in [3.63, 3.8) is 0 Å². The monoisotopic (exact) mass is 253 g/mol. The van der Waals surface area contributed by atoms with Crippen LogP contribution in [0.3, 0.4) is 0 Å². The van der Waals surface area contributed by atoms with E-state index in [9.17, 15) is 4.79 Å². The fourth-order valence-corrected chi connectivity index (χ4v) is 3.29. The Morgan fingerprint density at radius 2 is 1.83 bits per heavy atom. The molecule has 1 amide bonds. The van der Waals surface area contributed by atoms with Crippen molar-refractivity contribution in [2.75, 3.05) is 32.7 Å². The summed E-state index contributed by atoms with van der Waals surface area (Å²) in [5, 5.41) is 3.34. The number of piperazine rings is 1. The molecule has 2 saturated heterocycles.